The van der Waals surface area contributed by atoms with Crippen LogP contribution in [0.2, 0.25) is 0 Å². The maximum Gasteiger partial charge on any atom is 0.416 e. The first-order chi connectivity index (χ1) is 7.79. The van der Waals surface area contributed by atoms with Crippen LogP contribution in [0.4, 0.5) is 13.2 Å². The van der Waals surface area contributed by atoms with E-state index in [1.807, 2.05) is 6.92 Å². The molecule has 0 aromatic heterocycles. The van der Waals surface area contributed by atoms with E-state index in [-0.39, 0.29) is 11.5 Å². The predicted octanol–water partition coefficient (Wildman–Crippen LogP) is 4.05. The normalized spacial score (nSPS) is 28.2. The number of hydrogen-bond donors (Lipinski definition) is 1. The molecule has 1 aliphatic carbocycles. The van der Waals surface area contributed by atoms with Crippen molar-refractivity contribution in [2.75, 3.05) is 0 Å². The standard InChI is InChI=1S/C12H13BrF3N/c1-2-7-6-11(7,17)9-4-3-8(13)5-10(9)12(14,15)16/h3-5,7H,2,6,17H2,1H3. The highest BCUT2D eigenvalue weighted by atomic mass is 79.9. The number of nitrogens with two attached hydrogens (primary N) is 1. The summed E-state index contributed by atoms with van der Waals surface area (Å²) in [7, 11) is 0. The molecule has 2 N–H and O–H groups in total. The molecule has 0 heterocycles. The van der Waals surface area contributed by atoms with E-state index in [1.54, 1.807) is 6.07 Å². The van der Waals surface area contributed by atoms with E-state index in [1.165, 1.54) is 6.07 Å². The summed E-state index contributed by atoms with van der Waals surface area (Å²) in [6.45, 7) is 1.95. The number of alkyl halides is 3. The summed E-state index contributed by atoms with van der Waals surface area (Å²) in [5.41, 5.74) is 4.87. The van der Waals surface area contributed by atoms with Gasteiger partial charge in [0.15, 0.2) is 0 Å². The van der Waals surface area contributed by atoms with Gasteiger partial charge in [-0.05, 0) is 30.0 Å². The van der Waals surface area contributed by atoms with Gasteiger partial charge in [0, 0.05) is 10.0 Å². The maximum absolute atomic E-state index is 12.9. The van der Waals surface area contributed by atoms with Crippen molar-refractivity contribution in [3.05, 3.63) is 33.8 Å². The zero-order valence-corrected chi connectivity index (χ0v) is 10.9. The molecule has 2 atom stereocenters. The average molecular weight is 308 g/mol. The van der Waals surface area contributed by atoms with Crippen LogP contribution in [0.1, 0.15) is 30.9 Å². The molecule has 1 saturated carbocycles. The Morgan fingerprint density at radius 1 is 1.47 bits per heavy atom. The predicted molar refractivity (Wildman–Crippen MR) is 63.4 cm³/mol. The highest BCUT2D eigenvalue weighted by Crippen LogP contribution is 2.54. The molecule has 5 heteroatoms. The van der Waals surface area contributed by atoms with Gasteiger partial charge >= 0.3 is 6.18 Å². The minimum absolute atomic E-state index is 0.157. The quantitative estimate of drug-likeness (QED) is 0.876. The molecule has 94 valence electrons. The van der Waals surface area contributed by atoms with Crippen molar-refractivity contribution in [1.82, 2.24) is 0 Å². The van der Waals surface area contributed by atoms with Crippen LogP contribution in [0.15, 0.2) is 22.7 Å². The van der Waals surface area contributed by atoms with E-state index in [4.69, 9.17) is 5.73 Å². The molecule has 0 aliphatic heterocycles. The first-order valence-electron chi connectivity index (χ1n) is 5.45. The minimum atomic E-state index is -4.35. The maximum atomic E-state index is 12.9. The lowest BCUT2D eigenvalue weighted by Crippen LogP contribution is -2.26. The van der Waals surface area contributed by atoms with Crippen LogP contribution in [0.25, 0.3) is 0 Å². The van der Waals surface area contributed by atoms with Gasteiger partial charge in [-0.3, -0.25) is 0 Å². The number of halogens is 4. The van der Waals surface area contributed by atoms with Crippen LogP contribution in [0.3, 0.4) is 0 Å². The molecule has 2 unspecified atom stereocenters. The Morgan fingerprint density at radius 3 is 2.59 bits per heavy atom. The second-order valence-electron chi connectivity index (χ2n) is 4.54. The van der Waals surface area contributed by atoms with Gasteiger partial charge in [0.25, 0.3) is 0 Å². The van der Waals surface area contributed by atoms with E-state index in [0.717, 1.165) is 12.5 Å². The fourth-order valence-corrected chi connectivity index (χ4v) is 2.71. The van der Waals surface area contributed by atoms with Crippen molar-refractivity contribution in [2.24, 2.45) is 11.7 Å². The molecule has 1 fully saturated rings. The van der Waals surface area contributed by atoms with Crippen LogP contribution in [0.5, 0.6) is 0 Å². The van der Waals surface area contributed by atoms with Gasteiger partial charge in [0.1, 0.15) is 0 Å². The lowest BCUT2D eigenvalue weighted by molar-refractivity contribution is -0.138. The monoisotopic (exact) mass is 307 g/mol. The van der Waals surface area contributed by atoms with E-state index < -0.39 is 17.3 Å². The summed E-state index contributed by atoms with van der Waals surface area (Å²) in [4.78, 5) is 0. The average Bonchev–Trinajstić information content (AvgIpc) is 2.89. The Labute approximate surface area is 106 Å². The van der Waals surface area contributed by atoms with E-state index >= 15 is 0 Å². The van der Waals surface area contributed by atoms with E-state index in [2.05, 4.69) is 15.9 Å². The zero-order valence-electron chi connectivity index (χ0n) is 9.31. The molecular weight excluding hydrogens is 295 g/mol. The molecule has 1 aromatic carbocycles. The third-order valence-corrected chi connectivity index (χ3v) is 3.93. The summed E-state index contributed by atoms with van der Waals surface area (Å²) in [5, 5.41) is 0. The van der Waals surface area contributed by atoms with Gasteiger partial charge in [0.05, 0.1) is 5.56 Å². The summed E-state index contributed by atoms with van der Waals surface area (Å²) in [5.74, 6) is 0.157. The molecule has 0 amide bonds. The Kier molecular flexibility index (Phi) is 3.02. The van der Waals surface area contributed by atoms with Gasteiger partial charge < -0.3 is 5.73 Å². The van der Waals surface area contributed by atoms with Crippen molar-refractivity contribution in [1.29, 1.82) is 0 Å². The molecular formula is C12H13BrF3N. The third kappa shape index (κ3) is 2.22. The first kappa shape index (κ1) is 12.9. The Morgan fingerprint density at radius 2 is 2.12 bits per heavy atom. The highest BCUT2D eigenvalue weighted by Gasteiger charge is 2.54. The van der Waals surface area contributed by atoms with Crippen LogP contribution in [-0.4, -0.2) is 0 Å². The van der Waals surface area contributed by atoms with Crippen LogP contribution < -0.4 is 5.73 Å². The first-order valence-corrected chi connectivity index (χ1v) is 6.24. The van der Waals surface area contributed by atoms with E-state index in [0.29, 0.717) is 10.9 Å². The van der Waals surface area contributed by atoms with Crippen molar-refractivity contribution in [3.8, 4) is 0 Å². The SMILES string of the molecule is CCC1CC1(N)c1ccc(Br)cc1C(F)(F)F. The molecule has 17 heavy (non-hydrogen) atoms. The molecule has 1 aromatic rings. The smallest absolute Gasteiger partial charge is 0.321 e. The number of hydrogen-bond acceptors (Lipinski definition) is 1. The van der Waals surface area contributed by atoms with Gasteiger partial charge in [0.2, 0.25) is 0 Å². The fourth-order valence-electron chi connectivity index (χ4n) is 2.34. The lowest BCUT2D eigenvalue weighted by Gasteiger charge is -2.19. The fraction of sp³-hybridized carbons (Fsp3) is 0.500. The topological polar surface area (TPSA) is 26.0 Å². The second-order valence-corrected chi connectivity index (χ2v) is 5.45. The Bertz CT molecular complexity index is 444. The van der Waals surface area contributed by atoms with Gasteiger partial charge in [-0.15, -0.1) is 0 Å². The van der Waals surface area contributed by atoms with Gasteiger partial charge in [-0.1, -0.05) is 35.3 Å². The summed E-state index contributed by atoms with van der Waals surface area (Å²) < 4.78 is 39.2. The summed E-state index contributed by atoms with van der Waals surface area (Å²) in [6.07, 6.45) is -2.91. The number of rotatable bonds is 2. The molecule has 1 aliphatic rings. The van der Waals surface area contributed by atoms with Crippen molar-refractivity contribution in [2.45, 2.75) is 31.5 Å². The number of benzene rings is 1. The van der Waals surface area contributed by atoms with Crippen molar-refractivity contribution < 1.29 is 13.2 Å². The molecule has 0 spiro atoms. The van der Waals surface area contributed by atoms with Crippen LogP contribution in [-0.2, 0) is 11.7 Å². The molecule has 0 saturated heterocycles. The lowest BCUT2D eigenvalue weighted by atomic mass is 9.96. The third-order valence-electron chi connectivity index (χ3n) is 3.43. The zero-order chi connectivity index (χ0) is 12.8. The molecule has 2 rings (SSSR count). The summed E-state index contributed by atoms with van der Waals surface area (Å²) in [6, 6.07) is 4.21. The van der Waals surface area contributed by atoms with Crippen LogP contribution >= 0.6 is 15.9 Å². The second kappa shape index (κ2) is 3.99. The molecule has 1 nitrogen and oxygen atoms in total. The van der Waals surface area contributed by atoms with Gasteiger partial charge in [-0.2, -0.15) is 13.2 Å². The summed E-state index contributed by atoms with van der Waals surface area (Å²) >= 11 is 3.07. The van der Waals surface area contributed by atoms with Crippen LogP contribution in [0, 0.1) is 5.92 Å². The highest BCUT2D eigenvalue weighted by molar-refractivity contribution is 9.10. The van der Waals surface area contributed by atoms with Gasteiger partial charge in [-0.25, -0.2) is 0 Å². The largest absolute Gasteiger partial charge is 0.416 e. The molecule has 0 radical (unpaired) electrons. The molecule has 0 bridgehead atoms. The Hall–Kier alpha value is -0.550. The minimum Gasteiger partial charge on any atom is -0.321 e. The van der Waals surface area contributed by atoms with Crippen molar-refractivity contribution in [3.63, 3.8) is 0 Å². The van der Waals surface area contributed by atoms with E-state index in [9.17, 15) is 13.2 Å². The Balaban J connectivity index is 2.49. The van der Waals surface area contributed by atoms with Crippen molar-refractivity contribution >= 4 is 15.9 Å².